The van der Waals surface area contributed by atoms with Crippen LogP contribution in [-0.2, 0) is 30.8 Å². The van der Waals surface area contributed by atoms with Crippen molar-refractivity contribution in [2.24, 2.45) is 5.10 Å². The van der Waals surface area contributed by atoms with Crippen LogP contribution in [0, 0.1) is 0 Å². The van der Waals surface area contributed by atoms with Crippen molar-refractivity contribution in [3.63, 3.8) is 0 Å². The van der Waals surface area contributed by atoms with Crippen LogP contribution in [0.2, 0.25) is 0 Å². The molecule has 0 aliphatic rings. The molecule has 9 nitrogen and oxygen atoms in total. The lowest BCUT2D eigenvalue weighted by atomic mass is 10.1. The van der Waals surface area contributed by atoms with Gasteiger partial charge in [0.05, 0.1) is 23.9 Å². The molecule has 0 atom stereocenters. The molecule has 1 amide bonds. The van der Waals surface area contributed by atoms with Crippen LogP contribution in [0.4, 0.5) is 5.69 Å². The summed E-state index contributed by atoms with van der Waals surface area (Å²) in [6.45, 7) is 1.21. The molecule has 3 aromatic carbocycles. The van der Waals surface area contributed by atoms with Gasteiger partial charge in [-0.05, 0) is 47.9 Å². The molecule has 0 bridgehead atoms. The Morgan fingerprint density at radius 2 is 1.72 bits per heavy atom. The smallest absolute Gasteiger partial charge is 0.343 e. The number of aryl methyl sites for hydroxylation is 1. The molecular weight excluding hydrogens is 482 g/mol. The van der Waals surface area contributed by atoms with Crippen LogP contribution in [0.5, 0.6) is 5.75 Å². The maximum Gasteiger partial charge on any atom is 0.343 e. The van der Waals surface area contributed by atoms with E-state index in [9.17, 15) is 18.0 Å². The fourth-order valence-corrected chi connectivity index (χ4v) is 4.78. The Hall–Kier alpha value is -4.18. The van der Waals surface area contributed by atoms with Gasteiger partial charge in [-0.1, -0.05) is 55.5 Å². The first kappa shape index (κ1) is 26.4. The van der Waals surface area contributed by atoms with E-state index in [0.29, 0.717) is 23.4 Å². The molecule has 0 saturated carbocycles. The summed E-state index contributed by atoms with van der Waals surface area (Å²) in [6, 6.07) is 21.7. The van der Waals surface area contributed by atoms with Crippen molar-refractivity contribution in [1.29, 1.82) is 0 Å². The molecule has 3 rings (SSSR count). The molecule has 0 aromatic heterocycles. The number of esters is 1. The first-order valence-corrected chi connectivity index (χ1v) is 12.6. The highest BCUT2D eigenvalue weighted by Crippen LogP contribution is 2.27. The van der Waals surface area contributed by atoms with Crippen molar-refractivity contribution >= 4 is 33.8 Å². The summed E-state index contributed by atoms with van der Waals surface area (Å²) in [7, 11) is -2.75. The van der Waals surface area contributed by atoms with Crippen molar-refractivity contribution in [3.8, 4) is 5.75 Å². The molecule has 0 heterocycles. The number of carbonyl (C=O) groups is 2. The number of para-hydroxylation sites is 1. The number of nitrogens with zero attached hydrogens (tertiary/aromatic N) is 2. The average Bonchev–Trinajstić information content (AvgIpc) is 2.91. The minimum atomic E-state index is -4.01. The fraction of sp³-hybridized carbons (Fsp3) is 0.192. The molecule has 0 aliphatic carbocycles. The Morgan fingerprint density at radius 3 is 2.44 bits per heavy atom. The number of ether oxygens (including phenoxy) is 2. The number of benzene rings is 3. The van der Waals surface area contributed by atoms with Gasteiger partial charge in [-0.15, -0.1) is 0 Å². The fourth-order valence-electron chi connectivity index (χ4n) is 3.30. The quantitative estimate of drug-likeness (QED) is 0.241. The Morgan fingerprint density at radius 1 is 1.00 bits per heavy atom. The van der Waals surface area contributed by atoms with Gasteiger partial charge in [0, 0.05) is 0 Å². The van der Waals surface area contributed by atoms with E-state index in [-0.39, 0.29) is 11.5 Å². The molecule has 0 unspecified atom stereocenters. The van der Waals surface area contributed by atoms with Crippen molar-refractivity contribution < 1.29 is 27.5 Å². The third-order valence-corrected chi connectivity index (χ3v) is 6.88. The lowest BCUT2D eigenvalue weighted by Crippen LogP contribution is -2.40. The van der Waals surface area contributed by atoms with Crippen LogP contribution < -0.4 is 14.5 Å². The van der Waals surface area contributed by atoms with Gasteiger partial charge < -0.3 is 9.47 Å². The number of amides is 1. The number of hydrogen-bond acceptors (Lipinski definition) is 7. The third-order valence-electron chi connectivity index (χ3n) is 5.10. The second-order valence-corrected chi connectivity index (χ2v) is 9.40. The van der Waals surface area contributed by atoms with E-state index in [1.165, 1.54) is 25.5 Å². The average molecular weight is 510 g/mol. The minimum absolute atomic E-state index is 0.0796. The second-order valence-electron chi connectivity index (χ2n) is 7.54. The highest BCUT2D eigenvalue weighted by atomic mass is 32.2. The third kappa shape index (κ3) is 6.92. The van der Waals surface area contributed by atoms with Crippen molar-refractivity contribution in [3.05, 3.63) is 90.0 Å². The number of carbonyl (C=O) groups excluding carboxylic acids is 2. The predicted octanol–water partition coefficient (Wildman–Crippen LogP) is 3.15. The molecule has 0 aliphatic heterocycles. The Kier molecular flexibility index (Phi) is 9.18. The summed E-state index contributed by atoms with van der Waals surface area (Å²) < 4.78 is 37.9. The molecule has 1 N–H and O–H groups in total. The van der Waals surface area contributed by atoms with E-state index in [1.54, 1.807) is 54.6 Å². The monoisotopic (exact) mass is 509 g/mol. The summed E-state index contributed by atoms with van der Waals surface area (Å²) >= 11 is 0. The molecule has 0 radical (unpaired) electrons. The van der Waals surface area contributed by atoms with Gasteiger partial charge in [0.25, 0.3) is 15.9 Å². The first-order valence-electron chi connectivity index (χ1n) is 11.1. The number of rotatable bonds is 11. The maximum atomic E-state index is 13.5. The van der Waals surface area contributed by atoms with Crippen molar-refractivity contribution in [1.82, 2.24) is 5.43 Å². The summed E-state index contributed by atoms with van der Waals surface area (Å²) in [5.41, 5.74) is 4.20. The summed E-state index contributed by atoms with van der Waals surface area (Å²) in [5.74, 6) is -0.706. The van der Waals surface area contributed by atoms with Gasteiger partial charge in [-0.25, -0.2) is 18.6 Å². The maximum absolute atomic E-state index is 13.5. The zero-order valence-electron chi connectivity index (χ0n) is 20.0. The molecule has 36 heavy (non-hydrogen) atoms. The van der Waals surface area contributed by atoms with E-state index in [1.807, 2.05) is 19.1 Å². The Balaban J connectivity index is 1.77. The van der Waals surface area contributed by atoms with Gasteiger partial charge in [-0.2, -0.15) is 5.10 Å². The van der Waals surface area contributed by atoms with Crippen molar-refractivity contribution in [2.75, 3.05) is 24.6 Å². The molecule has 188 valence electrons. The number of hydrogen-bond donors (Lipinski definition) is 1. The number of sulfonamides is 1. The first-order chi connectivity index (χ1) is 17.3. The van der Waals surface area contributed by atoms with E-state index in [0.717, 1.165) is 9.87 Å². The summed E-state index contributed by atoms with van der Waals surface area (Å²) in [4.78, 5) is 24.1. The van der Waals surface area contributed by atoms with E-state index >= 15 is 0 Å². The van der Waals surface area contributed by atoms with Crippen LogP contribution in [0.15, 0.2) is 88.9 Å². The number of hydrazone groups is 1. The Bertz CT molecular complexity index is 1330. The summed E-state index contributed by atoms with van der Waals surface area (Å²) in [6.07, 6.45) is 1.98. The van der Waals surface area contributed by atoms with Crippen molar-refractivity contribution in [2.45, 2.75) is 18.2 Å². The minimum Gasteiger partial charge on any atom is -0.482 e. The molecule has 0 saturated heterocycles. The highest BCUT2D eigenvalue weighted by molar-refractivity contribution is 7.92. The molecular formula is C26H27N3O6S. The molecule has 3 aromatic rings. The lowest BCUT2D eigenvalue weighted by molar-refractivity contribution is -0.142. The normalized spacial score (nSPS) is 11.2. The second kappa shape index (κ2) is 12.5. The zero-order chi connectivity index (χ0) is 26.0. The lowest BCUT2D eigenvalue weighted by Gasteiger charge is -2.25. The number of anilines is 1. The number of nitrogens with one attached hydrogen (secondary N) is 1. The number of methoxy groups -OCH3 is 1. The van der Waals surface area contributed by atoms with E-state index < -0.39 is 28.4 Å². The molecule has 0 fully saturated rings. The highest BCUT2D eigenvalue weighted by Gasteiger charge is 2.28. The predicted molar refractivity (Wildman–Crippen MR) is 136 cm³/mol. The van der Waals surface area contributed by atoms with Gasteiger partial charge in [0.2, 0.25) is 0 Å². The molecule has 10 heteroatoms. The zero-order valence-corrected chi connectivity index (χ0v) is 20.8. The van der Waals surface area contributed by atoms with Crippen LogP contribution >= 0.6 is 0 Å². The standard InChI is InChI=1S/C26H27N3O6S/c1-3-21-11-7-8-15-24(21)29(36(32,33)23-13-5-4-6-14-23)18-25(30)28-27-17-20-10-9-12-22(16-20)35-19-26(31)34-2/h4-17H,3,18-19H2,1-2H3,(H,28,30)/b27-17+. The largest absolute Gasteiger partial charge is 0.482 e. The van der Waals surface area contributed by atoms with Crippen LogP contribution in [0.1, 0.15) is 18.1 Å². The van der Waals surface area contributed by atoms with Crippen LogP contribution in [0.25, 0.3) is 0 Å². The van der Waals surface area contributed by atoms with E-state index in [2.05, 4.69) is 15.3 Å². The topological polar surface area (TPSA) is 114 Å². The molecule has 0 spiro atoms. The van der Waals surface area contributed by atoms with E-state index in [4.69, 9.17) is 4.74 Å². The van der Waals surface area contributed by atoms with Crippen LogP contribution in [0.3, 0.4) is 0 Å². The van der Waals surface area contributed by atoms with Crippen LogP contribution in [-0.4, -0.2) is 46.8 Å². The van der Waals surface area contributed by atoms with Gasteiger partial charge >= 0.3 is 5.97 Å². The van der Waals surface area contributed by atoms with Gasteiger partial charge in [-0.3, -0.25) is 9.10 Å². The summed E-state index contributed by atoms with van der Waals surface area (Å²) in [5, 5.41) is 3.94. The Labute approximate surface area is 210 Å². The van der Waals surface area contributed by atoms with Gasteiger partial charge in [0.1, 0.15) is 12.3 Å². The SMILES string of the molecule is CCc1ccccc1N(CC(=O)N/N=C/c1cccc(OCC(=O)OC)c1)S(=O)(=O)c1ccccc1. The van der Waals surface area contributed by atoms with Gasteiger partial charge in [0.15, 0.2) is 6.61 Å².